The smallest absolute Gasteiger partial charge is 0.326 e. The summed E-state index contributed by atoms with van der Waals surface area (Å²) in [5.41, 5.74) is 3.40. The van der Waals surface area contributed by atoms with E-state index in [1.54, 1.807) is 0 Å². The van der Waals surface area contributed by atoms with Gasteiger partial charge in [-0.25, -0.2) is 19.4 Å². The fourth-order valence-corrected chi connectivity index (χ4v) is 7.89. The molecule has 1 heterocycles. The molecule has 3 aromatic rings. The standard InChI is InChI=1S/C46H56IN9O15/c47-24-51-56-36-16-14-30(23-49-36)39(60)53-35(21-31(42(63)64)43(65)66)41(62)50-22-25-8-12-28(13-9-25)38(59)52-34(20-26-10-11-27-5-1-2-6-29(27)19-26)40(61)48-18-4-3-7-32(44(67)68)54-46(71)55-33(45(69)70)15-17-37(57)58/h1-2,5-6,10-11,14,16,19,23-25,28,31-35H,3-4,7-9,12-13,15,17-18,20-22H2,(H,48,61)(H,49,56)(H,50,62)(H,52,59)(H,53,60)(H,57,58)(H,63,64)(H,65,66)(H,67,68)(H,69,70)(H2,54,55,71)/b51-24+. The summed E-state index contributed by atoms with van der Waals surface area (Å²) in [6.07, 6.45) is 1.68. The van der Waals surface area contributed by atoms with Crippen molar-refractivity contribution in [1.29, 1.82) is 0 Å². The lowest BCUT2D eigenvalue weighted by Gasteiger charge is -2.30. The Morgan fingerprint density at radius 1 is 0.690 bits per heavy atom. The normalized spacial score (nSPS) is 16.1. The molecule has 1 aliphatic rings. The van der Waals surface area contributed by atoms with E-state index in [0.717, 1.165) is 16.3 Å². The third-order valence-corrected chi connectivity index (χ3v) is 12.0. The van der Waals surface area contributed by atoms with E-state index in [0.29, 0.717) is 31.5 Å². The van der Waals surface area contributed by atoms with Gasteiger partial charge in [-0.3, -0.25) is 39.0 Å². The maximum atomic E-state index is 13.8. The number of carboxylic acid groups (broad SMARTS) is 5. The number of benzene rings is 2. The predicted molar refractivity (Wildman–Crippen MR) is 261 cm³/mol. The zero-order chi connectivity index (χ0) is 52.0. The van der Waals surface area contributed by atoms with Crippen molar-refractivity contribution in [1.82, 2.24) is 36.9 Å². The van der Waals surface area contributed by atoms with E-state index in [1.807, 2.05) is 65.1 Å². The SMILES string of the molecule is O=C(O)CCC(NC(=O)NC(CCCCNC(=O)C(Cc1ccc2ccccc2c1)NC(=O)C1CCC(CNC(=O)C(CC(C(=O)O)C(=O)O)NC(=O)c2ccc(N/N=C/I)nc2)CC1)C(=O)O)C(=O)O. The third-order valence-electron chi connectivity index (χ3n) is 11.7. The van der Waals surface area contributed by atoms with Gasteiger partial charge in [0, 0.05) is 44.5 Å². The maximum absolute atomic E-state index is 13.8. The number of nitrogens with zero attached hydrogens (tertiary/aromatic N) is 2. The fourth-order valence-electron chi connectivity index (χ4n) is 7.75. The Bertz CT molecular complexity index is 2420. The van der Waals surface area contributed by atoms with Crippen molar-refractivity contribution in [3.05, 3.63) is 71.9 Å². The molecule has 25 heteroatoms. The summed E-state index contributed by atoms with van der Waals surface area (Å²) in [5.74, 6) is -12.4. The van der Waals surface area contributed by atoms with E-state index in [-0.39, 0.29) is 56.2 Å². The molecule has 1 fully saturated rings. The number of anilines is 1. The number of fused-ring (bicyclic) bond motifs is 1. The van der Waals surface area contributed by atoms with Crippen LogP contribution >= 0.6 is 22.6 Å². The Balaban J connectivity index is 1.33. The Kier molecular flexibility index (Phi) is 22.4. The van der Waals surface area contributed by atoms with Crippen molar-refractivity contribution >= 4 is 103 Å². The Morgan fingerprint density at radius 3 is 1.94 bits per heavy atom. The summed E-state index contributed by atoms with van der Waals surface area (Å²) in [5, 5.41) is 67.6. The molecule has 0 radical (unpaired) electrons. The van der Waals surface area contributed by atoms with Gasteiger partial charge in [0.05, 0.1) is 9.78 Å². The molecule has 6 amide bonds. The molecule has 1 aliphatic carbocycles. The van der Waals surface area contributed by atoms with Gasteiger partial charge in [-0.15, -0.1) is 0 Å². The van der Waals surface area contributed by atoms with Crippen molar-refractivity contribution in [2.45, 2.75) is 94.8 Å². The predicted octanol–water partition coefficient (Wildman–Crippen LogP) is 2.31. The van der Waals surface area contributed by atoms with Crippen LogP contribution in [0.3, 0.4) is 0 Å². The Labute approximate surface area is 419 Å². The molecule has 0 spiro atoms. The van der Waals surface area contributed by atoms with E-state index in [4.69, 9.17) is 5.11 Å². The van der Waals surface area contributed by atoms with Gasteiger partial charge in [-0.1, -0.05) is 42.5 Å². The highest BCUT2D eigenvalue weighted by atomic mass is 127. The van der Waals surface area contributed by atoms with Crippen molar-refractivity contribution in [3.63, 3.8) is 0 Å². The summed E-state index contributed by atoms with van der Waals surface area (Å²) < 4.78 is 1.45. The first kappa shape index (κ1) is 56.1. The number of carbonyl (C=O) groups excluding carboxylic acids is 5. The number of hydrogen-bond acceptors (Lipinski definition) is 13. The second kappa shape index (κ2) is 28.3. The quantitative estimate of drug-likeness (QED) is 0.0163. The van der Waals surface area contributed by atoms with Gasteiger partial charge < -0.3 is 57.4 Å². The summed E-state index contributed by atoms with van der Waals surface area (Å²) in [6, 6.07) is 9.44. The molecule has 0 saturated heterocycles. The summed E-state index contributed by atoms with van der Waals surface area (Å²) >= 11 is 1.89. The number of hydrogen-bond donors (Lipinski definition) is 12. The maximum Gasteiger partial charge on any atom is 0.326 e. The number of pyridine rings is 1. The van der Waals surface area contributed by atoms with E-state index in [9.17, 15) is 68.4 Å². The van der Waals surface area contributed by atoms with Crippen LogP contribution in [-0.2, 0) is 44.8 Å². The number of urea groups is 1. The lowest BCUT2D eigenvalue weighted by Crippen LogP contribution is -2.51. The van der Waals surface area contributed by atoms with Crippen molar-refractivity contribution in [3.8, 4) is 0 Å². The van der Waals surface area contributed by atoms with Crippen LogP contribution in [0.25, 0.3) is 10.8 Å². The zero-order valence-electron chi connectivity index (χ0n) is 38.2. The minimum Gasteiger partial charge on any atom is -0.481 e. The molecular weight excluding hydrogens is 1050 g/mol. The van der Waals surface area contributed by atoms with Crippen LogP contribution < -0.4 is 37.3 Å². The van der Waals surface area contributed by atoms with Gasteiger partial charge in [0.2, 0.25) is 17.7 Å². The van der Waals surface area contributed by atoms with Gasteiger partial charge in [-0.05, 0) is 108 Å². The molecule has 1 aromatic heterocycles. The lowest BCUT2D eigenvalue weighted by atomic mass is 9.81. The highest BCUT2D eigenvalue weighted by Crippen LogP contribution is 2.29. The number of aliphatic carboxylic acids is 5. The van der Waals surface area contributed by atoms with Crippen molar-refractivity contribution in [2.75, 3.05) is 18.5 Å². The molecule has 4 unspecified atom stereocenters. The van der Waals surface area contributed by atoms with Gasteiger partial charge >= 0.3 is 35.9 Å². The fraction of sp³-hybridized carbons (Fsp3) is 0.435. The summed E-state index contributed by atoms with van der Waals surface area (Å²) in [7, 11) is 0. The molecule has 382 valence electrons. The lowest BCUT2D eigenvalue weighted by molar-refractivity contribution is -0.155. The number of rotatable bonds is 28. The third kappa shape index (κ3) is 18.8. The number of nitrogens with one attached hydrogen (secondary N) is 7. The van der Waals surface area contributed by atoms with Gasteiger partial charge in [0.1, 0.15) is 30.0 Å². The molecule has 4 atom stereocenters. The first-order valence-corrected chi connectivity index (χ1v) is 23.8. The largest absolute Gasteiger partial charge is 0.481 e. The minimum atomic E-state index is -2.01. The van der Waals surface area contributed by atoms with Gasteiger partial charge in [0.25, 0.3) is 5.91 Å². The molecule has 0 aliphatic heterocycles. The van der Waals surface area contributed by atoms with Gasteiger partial charge in [0.15, 0.2) is 5.92 Å². The van der Waals surface area contributed by atoms with Crippen LogP contribution in [0.2, 0.25) is 0 Å². The average molecular weight is 1100 g/mol. The first-order chi connectivity index (χ1) is 33.8. The highest BCUT2D eigenvalue weighted by molar-refractivity contribution is 14.1. The number of hydrazone groups is 1. The average Bonchev–Trinajstić information content (AvgIpc) is 3.33. The monoisotopic (exact) mass is 1100 g/mol. The van der Waals surface area contributed by atoms with Crippen LogP contribution in [-0.4, -0.2) is 132 Å². The number of amides is 6. The summed E-state index contributed by atoms with van der Waals surface area (Å²) in [6.45, 7) is 0.149. The first-order valence-electron chi connectivity index (χ1n) is 22.5. The van der Waals surface area contributed by atoms with Crippen LogP contribution in [0.4, 0.5) is 10.6 Å². The molecule has 0 bridgehead atoms. The van der Waals surface area contributed by atoms with Crippen LogP contribution in [0, 0.1) is 17.8 Å². The van der Waals surface area contributed by atoms with E-state index < -0.39 is 109 Å². The molecular formula is C46H56IN9O15. The van der Waals surface area contributed by atoms with Gasteiger partial charge in [-0.2, -0.15) is 5.10 Å². The Hall–Kier alpha value is -7.45. The van der Waals surface area contributed by atoms with E-state index >= 15 is 0 Å². The molecule has 24 nitrogen and oxygen atoms in total. The number of unbranched alkanes of at least 4 members (excludes halogenated alkanes) is 1. The highest BCUT2D eigenvalue weighted by Gasteiger charge is 2.35. The van der Waals surface area contributed by atoms with Crippen molar-refractivity contribution < 1.29 is 73.5 Å². The zero-order valence-corrected chi connectivity index (χ0v) is 40.3. The number of halogens is 1. The second-order valence-electron chi connectivity index (χ2n) is 16.8. The molecule has 4 rings (SSSR count). The minimum absolute atomic E-state index is 0.0110. The molecule has 1 saturated carbocycles. The van der Waals surface area contributed by atoms with Crippen molar-refractivity contribution in [2.24, 2.45) is 22.9 Å². The molecule has 71 heavy (non-hydrogen) atoms. The molecule has 2 aromatic carbocycles. The van der Waals surface area contributed by atoms with Crippen LogP contribution in [0.1, 0.15) is 80.1 Å². The molecule has 12 N–H and O–H groups in total. The van der Waals surface area contributed by atoms with E-state index in [2.05, 4.69) is 47.4 Å². The second-order valence-corrected chi connectivity index (χ2v) is 17.3. The van der Waals surface area contributed by atoms with Crippen LogP contribution in [0.5, 0.6) is 0 Å². The van der Waals surface area contributed by atoms with Crippen LogP contribution in [0.15, 0.2) is 65.9 Å². The number of aromatic nitrogens is 1. The van der Waals surface area contributed by atoms with E-state index in [1.165, 1.54) is 22.6 Å². The number of carbonyl (C=O) groups is 10. The Morgan fingerprint density at radius 2 is 1.34 bits per heavy atom. The number of carboxylic acids is 5. The summed E-state index contributed by atoms with van der Waals surface area (Å²) in [4.78, 5) is 128. The topological polar surface area (TPSA) is 381 Å².